The topological polar surface area (TPSA) is 94.4 Å². The molecule has 1 N–H and O–H groups in total. The lowest BCUT2D eigenvalue weighted by Gasteiger charge is -2.32. The predicted octanol–water partition coefficient (Wildman–Crippen LogP) is 5.35. The van der Waals surface area contributed by atoms with Crippen molar-refractivity contribution in [2.75, 3.05) is 32.1 Å². The molecule has 40 heavy (non-hydrogen) atoms. The third-order valence-corrected chi connectivity index (χ3v) is 6.61. The molecule has 0 aliphatic carbocycles. The van der Waals surface area contributed by atoms with Crippen molar-refractivity contribution < 1.29 is 32.6 Å². The van der Waals surface area contributed by atoms with E-state index in [2.05, 4.69) is 10.3 Å². The number of methoxy groups -OCH3 is 1. The van der Waals surface area contributed by atoms with Crippen LogP contribution in [-0.4, -0.2) is 59.4 Å². The van der Waals surface area contributed by atoms with Crippen molar-refractivity contribution in [1.29, 1.82) is 0 Å². The Morgan fingerprint density at radius 3 is 2.60 bits per heavy atom. The van der Waals surface area contributed by atoms with Crippen molar-refractivity contribution in [2.24, 2.45) is 0 Å². The molecule has 2 aromatic carbocycles. The number of imidazole rings is 1. The summed E-state index contributed by atoms with van der Waals surface area (Å²) in [6.07, 6.45) is 0.261. The summed E-state index contributed by atoms with van der Waals surface area (Å²) in [7, 11) is 1.31. The van der Waals surface area contributed by atoms with Gasteiger partial charge in [-0.05, 0) is 42.3 Å². The Morgan fingerprint density at radius 1 is 1.12 bits per heavy atom. The number of amides is 2. The lowest BCUT2D eigenvalue weighted by atomic mass is 10.0. The normalized spacial score (nSPS) is 15.2. The molecule has 0 bridgehead atoms. The fourth-order valence-corrected chi connectivity index (χ4v) is 4.69. The minimum absolute atomic E-state index is 0.0103. The van der Waals surface area contributed by atoms with E-state index in [0.29, 0.717) is 24.5 Å². The zero-order valence-corrected chi connectivity index (χ0v) is 22.0. The van der Waals surface area contributed by atoms with Crippen LogP contribution < -0.4 is 5.32 Å². The van der Waals surface area contributed by atoms with Crippen LogP contribution in [0.1, 0.15) is 16.8 Å². The summed E-state index contributed by atoms with van der Waals surface area (Å²) in [6, 6.07) is 14.8. The molecule has 5 rings (SSSR count). The van der Waals surface area contributed by atoms with E-state index in [1.807, 2.05) is 37.3 Å². The van der Waals surface area contributed by atoms with Crippen LogP contribution in [0.25, 0.3) is 16.9 Å². The van der Waals surface area contributed by atoms with E-state index in [9.17, 15) is 9.59 Å². The second-order valence-electron chi connectivity index (χ2n) is 9.45. The third kappa shape index (κ3) is 5.89. The molecule has 3 heterocycles. The number of carbonyl (C=O) groups is 2. The van der Waals surface area contributed by atoms with Crippen molar-refractivity contribution >= 4 is 23.5 Å². The number of pyridine rings is 1. The van der Waals surface area contributed by atoms with E-state index in [4.69, 9.17) is 14.2 Å². The minimum Gasteiger partial charge on any atom is -0.453 e. The predicted molar refractivity (Wildman–Crippen MR) is 143 cm³/mol. The zero-order valence-electron chi connectivity index (χ0n) is 22.0. The largest absolute Gasteiger partial charge is 0.453 e. The summed E-state index contributed by atoms with van der Waals surface area (Å²) in [5.41, 5.74) is 2.41. The first-order chi connectivity index (χ1) is 19.3. The maximum absolute atomic E-state index is 15.5. The van der Waals surface area contributed by atoms with E-state index >= 15 is 8.78 Å². The molecular formula is C29H28F2N4O5. The van der Waals surface area contributed by atoms with Gasteiger partial charge in [0, 0.05) is 24.8 Å². The smallest absolute Gasteiger partial charge is 0.411 e. The highest BCUT2D eigenvalue weighted by molar-refractivity contribution is 5.85. The van der Waals surface area contributed by atoms with E-state index in [1.54, 1.807) is 22.7 Å². The highest BCUT2D eigenvalue weighted by Crippen LogP contribution is 2.33. The number of benzene rings is 2. The van der Waals surface area contributed by atoms with Gasteiger partial charge >= 0.3 is 12.2 Å². The van der Waals surface area contributed by atoms with Crippen molar-refractivity contribution in [3.05, 3.63) is 89.2 Å². The highest BCUT2D eigenvalue weighted by atomic mass is 19.1. The molecule has 1 aliphatic rings. The second kappa shape index (κ2) is 11.7. The van der Waals surface area contributed by atoms with Gasteiger partial charge in [-0.3, -0.25) is 5.32 Å². The lowest BCUT2D eigenvalue weighted by Crippen LogP contribution is -2.46. The molecule has 208 valence electrons. The number of ether oxygens (including phenoxy) is 3. The fourth-order valence-electron chi connectivity index (χ4n) is 4.69. The van der Waals surface area contributed by atoms with Gasteiger partial charge in [0.25, 0.3) is 0 Å². The first-order valence-corrected chi connectivity index (χ1v) is 12.7. The van der Waals surface area contributed by atoms with Crippen LogP contribution in [-0.2, 0) is 27.2 Å². The van der Waals surface area contributed by atoms with Crippen molar-refractivity contribution in [1.82, 2.24) is 14.3 Å². The Morgan fingerprint density at radius 2 is 1.88 bits per heavy atom. The molecule has 0 saturated carbocycles. The molecule has 0 radical (unpaired) electrons. The molecule has 2 amide bonds. The Bertz CT molecular complexity index is 1520. The third-order valence-electron chi connectivity index (χ3n) is 6.61. The summed E-state index contributed by atoms with van der Waals surface area (Å²) in [5.74, 6) is -1.80. The van der Waals surface area contributed by atoms with Crippen molar-refractivity contribution in [3.63, 3.8) is 0 Å². The van der Waals surface area contributed by atoms with Crippen LogP contribution >= 0.6 is 0 Å². The maximum Gasteiger partial charge on any atom is 0.411 e. The second-order valence-corrected chi connectivity index (χ2v) is 9.45. The monoisotopic (exact) mass is 550 g/mol. The SMILES string of the molecule is COC(=O)N1CCO[C@@H](Cc2c(-c3c(F)cc(NC(=O)OCc4ccccc4)cc3F)nc3cc(C)ccn23)C1. The number of aryl methyl sites for hydroxylation is 1. The van der Waals surface area contributed by atoms with E-state index in [-0.39, 0.29) is 36.5 Å². The molecule has 9 nitrogen and oxygen atoms in total. The number of hydrogen-bond donors (Lipinski definition) is 1. The van der Waals surface area contributed by atoms with Crippen LogP contribution in [0.3, 0.4) is 0 Å². The number of fused-ring (bicyclic) bond motifs is 1. The van der Waals surface area contributed by atoms with Crippen LogP contribution in [0.4, 0.5) is 24.1 Å². The molecule has 2 aromatic heterocycles. The average Bonchev–Trinajstić information content (AvgIpc) is 3.28. The number of aromatic nitrogens is 2. The maximum atomic E-state index is 15.5. The average molecular weight is 551 g/mol. The van der Waals surface area contributed by atoms with Gasteiger partial charge < -0.3 is 23.5 Å². The van der Waals surface area contributed by atoms with Crippen molar-refractivity contribution in [3.8, 4) is 11.3 Å². The van der Waals surface area contributed by atoms with Gasteiger partial charge in [0.15, 0.2) is 0 Å². The summed E-state index contributed by atoms with van der Waals surface area (Å²) in [4.78, 5) is 30.4. The van der Waals surface area contributed by atoms with Gasteiger partial charge in [0.1, 0.15) is 23.9 Å². The summed E-state index contributed by atoms with van der Waals surface area (Å²) >= 11 is 0. The molecular weight excluding hydrogens is 522 g/mol. The number of nitrogens with zero attached hydrogens (tertiary/aromatic N) is 3. The molecule has 1 atom stereocenters. The summed E-state index contributed by atoms with van der Waals surface area (Å²) < 4.78 is 48.6. The van der Waals surface area contributed by atoms with Gasteiger partial charge in [0.2, 0.25) is 0 Å². The summed E-state index contributed by atoms with van der Waals surface area (Å²) in [6.45, 7) is 2.84. The zero-order chi connectivity index (χ0) is 28.2. The number of halogens is 2. The Balaban J connectivity index is 1.42. The van der Waals surface area contributed by atoms with Gasteiger partial charge in [-0.25, -0.2) is 23.4 Å². The number of nitrogens with one attached hydrogen (secondary N) is 1. The number of carbonyl (C=O) groups excluding carboxylic acids is 2. The van der Waals surface area contributed by atoms with Crippen LogP contribution in [0, 0.1) is 18.6 Å². The summed E-state index contributed by atoms with van der Waals surface area (Å²) in [5, 5.41) is 2.37. The molecule has 1 fully saturated rings. The molecule has 0 unspecified atom stereocenters. The Labute approximate surface area is 229 Å². The minimum atomic E-state index is -0.902. The highest BCUT2D eigenvalue weighted by Gasteiger charge is 2.29. The van der Waals surface area contributed by atoms with E-state index in [1.165, 1.54) is 12.0 Å². The van der Waals surface area contributed by atoms with Crippen LogP contribution in [0.15, 0.2) is 60.8 Å². The molecule has 1 aliphatic heterocycles. The lowest BCUT2D eigenvalue weighted by molar-refractivity contribution is -0.0241. The first kappa shape index (κ1) is 27.1. The Hall–Kier alpha value is -4.51. The van der Waals surface area contributed by atoms with Crippen LogP contribution in [0.2, 0.25) is 0 Å². The molecule has 4 aromatic rings. The van der Waals surface area contributed by atoms with Crippen molar-refractivity contribution in [2.45, 2.75) is 26.1 Å². The first-order valence-electron chi connectivity index (χ1n) is 12.7. The molecule has 1 saturated heterocycles. The quantitative estimate of drug-likeness (QED) is 0.348. The van der Waals surface area contributed by atoms with Gasteiger partial charge in [-0.15, -0.1) is 0 Å². The van der Waals surface area contributed by atoms with Gasteiger partial charge in [-0.2, -0.15) is 0 Å². The number of hydrogen-bond acceptors (Lipinski definition) is 6. The van der Waals surface area contributed by atoms with Gasteiger partial charge in [-0.1, -0.05) is 30.3 Å². The van der Waals surface area contributed by atoms with Gasteiger partial charge in [0.05, 0.1) is 43.3 Å². The van der Waals surface area contributed by atoms with Crippen LogP contribution in [0.5, 0.6) is 0 Å². The van der Waals surface area contributed by atoms with E-state index < -0.39 is 29.9 Å². The molecule has 0 spiro atoms. The number of anilines is 1. The Kier molecular flexibility index (Phi) is 7.92. The number of morpholine rings is 1. The van der Waals surface area contributed by atoms with E-state index in [0.717, 1.165) is 23.3 Å². The number of rotatable bonds is 6. The molecule has 11 heteroatoms. The fraction of sp³-hybridized carbons (Fsp3) is 0.276. The standard InChI is InChI=1S/C29H28F2N4O5/c1-18-8-9-35-24(15-21-16-34(10-11-39-21)29(37)38-2)27(33-25(35)12-18)26-22(30)13-20(14-23(26)31)32-28(36)40-17-19-6-4-3-5-7-19/h3-9,12-14,21H,10-11,15-17H2,1-2H3,(H,32,36)/t21-/m0/s1.